The molecular weight excluding hydrogens is 555 g/mol. The molecule has 0 spiro atoms. The van der Waals surface area contributed by atoms with Gasteiger partial charge in [0.25, 0.3) is 0 Å². The second-order valence-electron chi connectivity index (χ2n) is 11.3. The first kappa shape index (κ1) is 27.8. The summed E-state index contributed by atoms with van der Waals surface area (Å²) in [5.74, 6) is -1.63. The van der Waals surface area contributed by atoms with Crippen molar-refractivity contribution in [3.63, 3.8) is 0 Å². The molecule has 0 saturated carbocycles. The van der Waals surface area contributed by atoms with Gasteiger partial charge < -0.3 is 24.9 Å². The van der Waals surface area contributed by atoms with Crippen molar-refractivity contribution >= 4 is 34.8 Å². The van der Waals surface area contributed by atoms with E-state index in [2.05, 4.69) is 25.4 Å². The molecule has 0 radical (unpaired) electrons. The third-order valence-corrected chi connectivity index (χ3v) is 8.21. The van der Waals surface area contributed by atoms with E-state index in [0.717, 1.165) is 13.1 Å². The minimum absolute atomic E-state index is 0.00280. The molecule has 3 fully saturated rings. The van der Waals surface area contributed by atoms with E-state index in [1.165, 1.54) is 4.90 Å². The van der Waals surface area contributed by atoms with Gasteiger partial charge in [-0.1, -0.05) is 0 Å². The zero-order valence-electron chi connectivity index (χ0n) is 23.0. The molecule has 3 aliphatic rings. The first-order chi connectivity index (χ1) is 20.0. The molecule has 16 heteroatoms. The Balaban J connectivity index is 1.11. The summed E-state index contributed by atoms with van der Waals surface area (Å²) in [6.07, 6.45) is 0.595. The van der Waals surface area contributed by atoms with E-state index in [4.69, 9.17) is 0 Å². The Morgan fingerprint density at radius 3 is 2.60 bits per heavy atom. The van der Waals surface area contributed by atoms with Crippen molar-refractivity contribution < 1.29 is 22.8 Å². The zero-order chi connectivity index (χ0) is 29.6. The van der Waals surface area contributed by atoms with Crippen LogP contribution in [0.1, 0.15) is 6.42 Å². The molecule has 3 saturated heterocycles. The number of piperazine rings is 1. The SMILES string of the molecule is CN1CCN(C(=O)Cn2cc(Nc3nc4c(N5CC(CC#N)(C(=O)N6CC(C(F)(F)F)C6)C5)cccn4n3)cn2)CC1. The highest BCUT2D eigenvalue weighted by molar-refractivity contribution is 5.88. The minimum atomic E-state index is -4.33. The van der Waals surface area contributed by atoms with Crippen molar-refractivity contribution in [1.29, 1.82) is 5.26 Å². The zero-order valence-corrected chi connectivity index (χ0v) is 23.0. The van der Waals surface area contributed by atoms with Crippen LogP contribution in [0.4, 0.5) is 30.5 Å². The Labute approximate surface area is 239 Å². The normalized spacial score (nSPS) is 19.4. The maximum atomic E-state index is 13.1. The predicted octanol–water partition coefficient (Wildman–Crippen LogP) is 1.18. The first-order valence-corrected chi connectivity index (χ1v) is 13.6. The molecular formula is C26H30F3N11O2. The third-order valence-electron chi connectivity index (χ3n) is 8.21. The molecule has 13 nitrogen and oxygen atoms in total. The number of rotatable bonds is 7. The van der Waals surface area contributed by atoms with Crippen LogP contribution in [0, 0.1) is 22.7 Å². The van der Waals surface area contributed by atoms with Gasteiger partial charge in [-0.3, -0.25) is 14.3 Å². The number of hydrogen-bond acceptors (Lipinski definition) is 9. The summed E-state index contributed by atoms with van der Waals surface area (Å²) in [6.45, 7) is 2.83. The molecule has 0 aliphatic carbocycles. The van der Waals surface area contributed by atoms with Crippen molar-refractivity contribution in [3.05, 3.63) is 30.7 Å². The summed E-state index contributed by atoms with van der Waals surface area (Å²) in [7, 11) is 2.03. The smallest absolute Gasteiger partial charge is 0.366 e. The summed E-state index contributed by atoms with van der Waals surface area (Å²) in [5.41, 5.74) is 0.740. The maximum Gasteiger partial charge on any atom is 0.395 e. The van der Waals surface area contributed by atoms with E-state index in [9.17, 15) is 28.0 Å². The van der Waals surface area contributed by atoms with Gasteiger partial charge in [-0.05, 0) is 19.2 Å². The highest BCUT2D eigenvalue weighted by atomic mass is 19.4. The van der Waals surface area contributed by atoms with E-state index < -0.39 is 23.4 Å². The predicted molar refractivity (Wildman–Crippen MR) is 144 cm³/mol. The number of nitrogens with zero attached hydrogens (tertiary/aromatic N) is 10. The molecule has 42 heavy (non-hydrogen) atoms. The van der Waals surface area contributed by atoms with Gasteiger partial charge in [0.15, 0.2) is 5.65 Å². The number of carbonyl (C=O) groups is 2. The number of hydrogen-bond donors (Lipinski definition) is 1. The minimum Gasteiger partial charge on any atom is -0.366 e. The number of halogens is 3. The maximum absolute atomic E-state index is 13.1. The van der Waals surface area contributed by atoms with E-state index in [0.29, 0.717) is 36.1 Å². The number of likely N-dealkylation sites (N-methyl/N-ethyl adjacent to an activating group) is 1. The number of amides is 2. The van der Waals surface area contributed by atoms with Crippen molar-refractivity contribution in [2.75, 3.05) is 69.6 Å². The number of carbonyl (C=O) groups excluding carboxylic acids is 2. The topological polar surface area (TPSA) is 131 Å². The molecule has 0 atom stereocenters. The fourth-order valence-electron chi connectivity index (χ4n) is 5.65. The van der Waals surface area contributed by atoms with Crippen molar-refractivity contribution in [2.45, 2.75) is 19.1 Å². The molecule has 0 bridgehead atoms. The number of fused-ring (bicyclic) bond motifs is 1. The quantitative estimate of drug-likeness (QED) is 0.434. The van der Waals surface area contributed by atoms with Crippen molar-refractivity contribution in [3.8, 4) is 6.07 Å². The number of likely N-dealkylation sites (tertiary alicyclic amines) is 1. The van der Waals surface area contributed by atoms with Gasteiger partial charge >= 0.3 is 6.18 Å². The van der Waals surface area contributed by atoms with Crippen LogP contribution in [0.15, 0.2) is 30.7 Å². The molecule has 222 valence electrons. The Morgan fingerprint density at radius 2 is 1.90 bits per heavy atom. The monoisotopic (exact) mass is 585 g/mol. The summed E-state index contributed by atoms with van der Waals surface area (Å²) in [6, 6.07) is 5.63. The van der Waals surface area contributed by atoms with Crippen LogP contribution in [0.5, 0.6) is 0 Å². The van der Waals surface area contributed by atoms with Crippen LogP contribution in [-0.4, -0.2) is 116 Å². The average Bonchev–Trinajstić information content (AvgIpc) is 3.50. The highest BCUT2D eigenvalue weighted by Gasteiger charge is 2.56. The molecule has 0 unspecified atom stereocenters. The average molecular weight is 586 g/mol. The molecule has 3 aromatic rings. The fourth-order valence-corrected chi connectivity index (χ4v) is 5.65. The molecule has 6 rings (SSSR count). The Morgan fingerprint density at radius 1 is 1.17 bits per heavy atom. The van der Waals surface area contributed by atoms with Gasteiger partial charge in [0, 0.05) is 64.8 Å². The lowest BCUT2D eigenvalue weighted by Crippen LogP contribution is -2.68. The number of alkyl halides is 3. The summed E-state index contributed by atoms with van der Waals surface area (Å²) >= 11 is 0. The second kappa shape index (κ2) is 10.5. The largest absolute Gasteiger partial charge is 0.395 e. The van der Waals surface area contributed by atoms with Gasteiger partial charge in [0.1, 0.15) is 6.54 Å². The molecule has 3 aliphatic heterocycles. The van der Waals surface area contributed by atoms with Crippen molar-refractivity contribution in [1.82, 2.24) is 39.1 Å². The number of pyridine rings is 1. The van der Waals surface area contributed by atoms with E-state index >= 15 is 0 Å². The van der Waals surface area contributed by atoms with Crippen LogP contribution >= 0.6 is 0 Å². The van der Waals surface area contributed by atoms with Crippen LogP contribution in [0.3, 0.4) is 0 Å². The Bertz CT molecular complexity index is 1520. The summed E-state index contributed by atoms with van der Waals surface area (Å²) in [4.78, 5) is 37.4. The third kappa shape index (κ3) is 5.20. The van der Waals surface area contributed by atoms with Gasteiger partial charge in [0.2, 0.25) is 17.8 Å². The number of aromatic nitrogens is 5. The van der Waals surface area contributed by atoms with Crippen molar-refractivity contribution in [2.24, 2.45) is 11.3 Å². The Kier molecular flexibility index (Phi) is 6.92. The summed E-state index contributed by atoms with van der Waals surface area (Å²) in [5, 5.41) is 21.2. The van der Waals surface area contributed by atoms with Crippen LogP contribution < -0.4 is 10.2 Å². The van der Waals surface area contributed by atoms with Gasteiger partial charge in [-0.2, -0.15) is 28.5 Å². The van der Waals surface area contributed by atoms with Crippen LogP contribution in [0.25, 0.3) is 5.65 Å². The molecule has 2 amide bonds. The van der Waals surface area contributed by atoms with E-state index in [-0.39, 0.29) is 45.1 Å². The lowest BCUT2D eigenvalue weighted by molar-refractivity contribution is -0.213. The molecule has 1 N–H and O–H groups in total. The Hall–Kier alpha value is -4.39. The molecule has 3 aromatic heterocycles. The lowest BCUT2D eigenvalue weighted by atomic mass is 9.74. The van der Waals surface area contributed by atoms with E-state index in [1.807, 2.05) is 29.0 Å². The number of nitrogens with one attached hydrogen (secondary N) is 1. The van der Waals surface area contributed by atoms with Gasteiger partial charge in [0.05, 0.1) is 41.4 Å². The number of nitriles is 1. The van der Waals surface area contributed by atoms with Crippen LogP contribution in [-0.2, 0) is 16.1 Å². The number of anilines is 3. The second-order valence-corrected chi connectivity index (χ2v) is 11.3. The summed E-state index contributed by atoms with van der Waals surface area (Å²) < 4.78 is 42.0. The molecule has 6 heterocycles. The van der Waals surface area contributed by atoms with Gasteiger partial charge in [-0.25, -0.2) is 4.52 Å². The standard InChI is InChI=1S/C26H30F3N11O2/c1-35-7-9-36(10-8-35)21(41)15-39-14-19(11-31-39)32-24-33-22-20(3-2-6-40(22)34-24)38-16-25(17-38,4-5-30)23(42)37-12-18(13-37)26(27,28)29/h2-3,6,11,14,18H,4,7-10,12-13,15-17H2,1H3,(H,32,34). The highest BCUT2D eigenvalue weighted by Crippen LogP contribution is 2.43. The lowest BCUT2D eigenvalue weighted by Gasteiger charge is -2.53. The fraction of sp³-hybridized carbons (Fsp3) is 0.538. The van der Waals surface area contributed by atoms with Gasteiger partial charge in [-0.15, -0.1) is 5.10 Å². The molecule has 0 aromatic carbocycles. The first-order valence-electron chi connectivity index (χ1n) is 13.6. The van der Waals surface area contributed by atoms with E-state index in [1.54, 1.807) is 33.9 Å². The van der Waals surface area contributed by atoms with Crippen LogP contribution in [0.2, 0.25) is 0 Å².